The summed E-state index contributed by atoms with van der Waals surface area (Å²) >= 11 is 0. The first-order chi connectivity index (χ1) is 10.5. The second-order valence-electron chi connectivity index (χ2n) is 5.16. The molecule has 0 radical (unpaired) electrons. The molecular weight excluding hydrogens is 284 g/mol. The molecule has 0 amide bonds. The van der Waals surface area contributed by atoms with Crippen LogP contribution in [0.15, 0.2) is 42.5 Å². The van der Waals surface area contributed by atoms with Crippen molar-refractivity contribution >= 4 is 17.1 Å². The molecule has 0 saturated carbocycles. The Morgan fingerprint density at radius 3 is 2.27 bits per heavy atom. The maximum atomic E-state index is 13.4. The van der Waals surface area contributed by atoms with Gasteiger partial charge in [0.25, 0.3) is 0 Å². The predicted molar refractivity (Wildman–Crippen MR) is 79.7 cm³/mol. The van der Waals surface area contributed by atoms with E-state index in [9.17, 15) is 13.6 Å². The Kier molecular flexibility index (Phi) is 3.34. The SMILES string of the molecule is [C-]#[N+]/C(=C1/c2ccccc2C(=O)C1C)c1cc(F)cc(F)c1. The van der Waals surface area contributed by atoms with E-state index in [1.54, 1.807) is 31.2 Å². The van der Waals surface area contributed by atoms with Crippen LogP contribution in [-0.2, 0) is 0 Å². The zero-order valence-electron chi connectivity index (χ0n) is 11.7. The molecule has 0 spiro atoms. The molecule has 1 atom stereocenters. The number of ketones is 1. The molecule has 1 aliphatic carbocycles. The Bertz CT molecular complexity index is 841. The average molecular weight is 295 g/mol. The van der Waals surface area contributed by atoms with Crippen molar-refractivity contribution in [3.8, 4) is 0 Å². The van der Waals surface area contributed by atoms with Gasteiger partial charge in [0.05, 0.1) is 6.57 Å². The van der Waals surface area contributed by atoms with Gasteiger partial charge in [-0.1, -0.05) is 31.2 Å². The van der Waals surface area contributed by atoms with E-state index in [1.807, 2.05) is 0 Å². The van der Waals surface area contributed by atoms with Gasteiger partial charge in [-0.3, -0.25) is 4.79 Å². The summed E-state index contributed by atoms with van der Waals surface area (Å²) in [5, 5.41) is 0. The highest BCUT2D eigenvalue weighted by Crippen LogP contribution is 2.42. The van der Waals surface area contributed by atoms with Gasteiger partial charge in [-0.15, -0.1) is 0 Å². The fraction of sp³-hybridized carbons (Fsp3) is 0.111. The summed E-state index contributed by atoms with van der Waals surface area (Å²) in [4.78, 5) is 15.8. The second-order valence-corrected chi connectivity index (χ2v) is 5.16. The van der Waals surface area contributed by atoms with Crippen LogP contribution in [-0.4, -0.2) is 5.78 Å². The largest absolute Gasteiger partial charge is 0.294 e. The zero-order valence-corrected chi connectivity index (χ0v) is 11.7. The molecule has 3 rings (SSSR count). The third-order valence-corrected chi connectivity index (χ3v) is 3.81. The average Bonchev–Trinajstić information content (AvgIpc) is 2.73. The molecule has 0 bridgehead atoms. The van der Waals surface area contributed by atoms with Crippen LogP contribution in [0.5, 0.6) is 0 Å². The number of carbonyl (C=O) groups is 1. The van der Waals surface area contributed by atoms with Crippen LogP contribution < -0.4 is 0 Å². The normalized spacial score (nSPS) is 18.8. The van der Waals surface area contributed by atoms with E-state index in [4.69, 9.17) is 6.57 Å². The standard InChI is InChI=1S/C18H11F2NO/c1-10-16(14-5-3-4-6-15(14)18(10)22)17(21-2)11-7-12(19)9-13(20)8-11/h3-10H,1H3/b17-16+. The zero-order chi connectivity index (χ0) is 15.9. The van der Waals surface area contributed by atoms with Crippen LogP contribution in [0.2, 0.25) is 0 Å². The van der Waals surface area contributed by atoms with Crippen molar-refractivity contribution in [2.45, 2.75) is 6.92 Å². The molecule has 0 saturated heterocycles. The van der Waals surface area contributed by atoms with Crippen molar-refractivity contribution in [3.63, 3.8) is 0 Å². The lowest BCUT2D eigenvalue weighted by Gasteiger charge is -2.10. The first-order valence-electron chi connectivity index (χ1n) is 6.74. The number of allylic oxidation sites excluding steroid dienone is 1. The van der Waals surface area contributed by atoms with E-state index in [-0.39, 0.29) is 17.0 Å². The van der Waals surface area contributed by atoms with Crippen LogP contribution in [0, 0.1) is 24.1 Å². The summed E-state index contributed by atoms with van der Waals surface area (Å²) in [5.41, 5.74) is 2.00. The number of benzene rings is 2. The Balaban J connectivity index is 2.31. The third-order valence-electron chi connectivity index (χ3n) is 3.81. The lowest BCUT2D eigenvalue weighted by atomic mass is 9.95. The van der Waals surface area contributed by atoms with Crippen LogP contribution >= 0.6 is 0 Å². The summed E-state index contributed by atoms with van der Waals surface area (Å²) < 4.78 is 26.9. The quantitative estimate of drug-likeness (QED) is 0.705. The molecule has 22 heavy (non-hydrogen) atoms. The fourth-order valence-corrected chi connectivity index (χ4v) is 2.83. The lowest BCUT2D eigenvalue weighted by molar-refractivity contribution is 0.0966. The van der Waals surface area contributed by atoms with E-state index in [0.29, 0.717) is 16.7 Å². The highest BCUT2D eigenvalue weighted by Gasteiger charge is 2.34. The van der Waals surface area contributed by atoms with Crippen molar-refractivity contribution in [1.29, 1.82) is 0 Å². The Morgan fingerprint density at radius 1 is 1.09 bits per heavy atom. The third kappa shape index (κ3) is 2.11. The van der Waals surface area contributed by atoms with E-state index >= 15 is 0 Å². The molecule has 4 heteroatoms. The topological polar surface area (TPSA) is 21.4 Å². The van der Waals surface area contributed by atoms with Gasteiger partial charge in [-0.25, -0.2) is 13.6 Å². The smallest absolute Gasteiger partial charge is 0.198 e. The number of hydrogen-bond donors (Lipinski definition) is 0. The summed E-state index contributed by atoms with van der Waals surface area (Å²) in [6.07, 6.45) is 0. The van der Waals surface area contributed by atoms with E-state index in [2.05, 4.69) is 4.85 Å². The van der Waals surface area contributed by atoms with Gasteiger partial charge in [0.1, 0.15) is 11.6 Å². The number of carbonyl (C=O) groups excluding carboxylic acids is 1. The Labute approximate surface area is 126 Å². The number of fused-ring (bicyclic) bond motifs is 1. The van der Waals surface area contributed by atoms with Crippen LogP contribution in [0.3, 0.4) is 0 Å². The molecule has 108 valence electrons. The van der Waals surface area contributed by atoms with Gasteiger partial charge in [-0.05, 0) is 28.8 Å². The maximum Gasteiger partial charge on any atom is 0.198 e. The molecule has 2 nitrogen and oxygen atoms in total. The molecule has 0 fully saturated rings. The molecule has 1 aliphatic rings. The van der Waals surface area contributed by atoms with E-state index in [1.165, 1.54) is 0 Å². The molecular formula is C18H11F2NO. The second kappa shape index (κ2) is 5.19. The molecule has 0 N–H and O–H groups in total. The summed E-state index contributed by atoms with van der Waals surface area (Å²) in [6, 6.07) is 9.97. The first-order valence-corrected chi connectivity index (χ1v) is 6.74. The van der Waals surface area contributed by atoms with Gasteiger partial charge < -0.3 is 0 Å². The summed E-state index contributed by atoms with van der Waals surface area (Å²) in [5.74, 6) is -2.08. The van der Waals surface area contributed by atoms with Gasteiger partial charge >= 0.3 is 0 Å². The molecule has 1 unspecified atom stereocenters. The molecule has 2 aromatic rings. The molecule has 2 aromatic carbocycles. The van der Waals surface area contributed by atoms with Gasteiger partial charge in [0.2, 0.25) is 0 Å². The molecule has 0 aromatic heterocycles. The van der Waals surface area contributed by atoms with Crippen LogP contribution in [0.1, 0.15) is 28.4 Å². The number of halogens is 2. The van der Waals surface area contributed by atoms with E-state index in [0.717, 1.165) is 18.2 Å². The van der Waals surface area contributed by atoms with Crippen LogP contribution in [0.4, 0.5) is 8.78 Å². The van der Waals surface area contributed by atoms with E-state index < -0.39 is 17.6 Å². The monoisotopic (exact) mass is 295 g/mol. The highest BCUT2D eigenvalue weighted by atomic mass is 19.1. The minimum atomic E-state index is -0.748. The van der Waals surface area contributed by atoms with Gasteiger partial charge in [0.15, 0.2) is 11.5 Å². The van der Waals surface area contributed by atoms with Gasteiger partial charge in [-0.2, -0.15) is 0 Å². The Hall–Kier alpha value is -2.80. The maximum absolute atomic E-state index is 13.4. The minimum Gasteiger partial charge on any atom is -0.294 e. The Morgan fingerprint density at radius 2 is 1.68 bits per heavy atom. The summed E-state index contributed by atoms with van der Waals surface area (Å²) in [6.45, 7) is 9.12. The van der Waals surface area contributed by atoms with Crippen molar-refractivity contribution < 1.29 is 13.6 Å². The molecule has 0 aliphatic heterocycles. The van der Waals surface area contributed by atoms with Crippen molar-refractivity contribution in [1.82, 2.24) is 0 Å². The van der Waals surface area contributed by atoms with Crippen molar-refractivity contribution in [2.24, 2.45) is 5.92 Å². The number of nitrogens with zero attached hydrogens (tertiary/aromatic N) is 1. The predicted octanol–water partition coefficient (Wildman–Crippen LogP) is 4.58. The number of rotatable bonds is 1. The first kappa shape index (κ1) is 14.2. The minimum absolute atomic E-state index is 0.0800. The highest BCUT2D eigenvalue weighted by molar-refractivity contribution is 6.18. The fourth-order valence-electron chi connectivity index (χ4n) is 2.83. The number of hydrogen-bond acceptors (Lipinski definition) is 1. The number of Topliss-reactive ketones (excluding diaryl/α,β-unsaturated/α-hetero) is 1. The van der Waals surface area contributed by atoms with Crippen molar-refractivity contribution in [3.05, 3.63) is 82.2 Å². The van der Waals surface area contributed by atoms with Gasteiger partial charge in [0, 0.05) is 17.5 Å². The van der Waals surface area contributed by atoms with Crippen molar-refractivity contribution in [2.75, 3.05) is 0 Å². The summed E-state index contributed by atoms with van der Waals surface area (Å²) in [7, 11) is 0. The van der Waals surface area contributed by atoms with Crippen LogP contribution in [0.25, 0.3) is 16.1 Å². The lowest BCUT2D eigenvalue weighted by Crippen LogP contribution is -2.04. The molecule has 0 heterocycles.